The van der Waals surface area contributed by atoms with Gasteiger partial charge in [-0.25, -0.2) is 17.9 Å². The first-order valence-electron chi connectivity index (χ1n) is 10.3. The summed E-state index contributed by atoms with van der Waals surface area (Å²) in [5.74, 6) is 0.772. The van der Waals surface area contributed by atoms with Crippen LogP contribution in [0.1, 0.15) is 67.4 Å². The SMILES string of the molecule is Cc1cc(C(=O)NC(C)c2ccc(S(=O)(=O)NC(=O)NC3CCC(C)CC3)cc2)no1. The van der Waals surface area contributed by atoms with Gasteiger partial charge in [0.15, 0.2) is 5.69 Å². The van der Waals surface area contributed by atoms with E-state index in [-0.39, 0.29) is 22.7 Å². The Bertz CT molecular complexity index is 1020. The summed E-state index contributed by atoms with van der Waals surface area (Å²) in [5, 5.41) is 9.19. The summed E-state index contributed by atoms with van der Waals surface area (Å²) in [5.41, 5.74) is 0.875. The van der Waals surface area contributed by atoms with Crippen LogP contribution in [0.5, 0.6) is 0 Å². The van der Waals surface area contributed by atoms with E-state index in [0.717, 1.165) is 25.7 Å². The normalized spacial score (nSPS) is 20.0. The van der Waals surface area contributed by atoms with Crippen molar-refractivity contribution in [3.8, 4) is 0 Å². The Morgan fingerprint density at radius 1 is 1.13 bits per heavy atom. The molecule has 0 spiro atoms. The Morgan fingerprint density at radius 3 is 2.35 bits per heavy atom. The Labute approximate surface area is 182 Å². The van der Waals surface area contributed by atoms with Gasteiger partial charge in [-0.2, -0.15) is 0 Å². The number of carbonyl (C=O) groups is 2. The molecule has 1 heterocycles. The van der Waals surface area contributed by atoms with Gasteiger partial charge in [-0.15, -0.1) is 0 Å². The van der Waals surface area contributed by atoms with Crippen molar-refractivity contribution in [3.63, 3.8) is 0 Å². The van der Waals surface area contributed by atoms with E-state index < -0.39 is 22.0 Å². The van der Waals surface area contributed by atoms with E-state index in [2.05, 4.69) is 27.4 Å². The molecule has 0 bridgehead atoms. The fourth-order valence-corrected chi connectivity index (χ4v) is 4.48. The molecule has 1 atom stereocenters. The highest BCUT2D eigenvalue weighted by Crippen LogP contribution is 2.23. The highest BCUT2D eigenvalue weighted by atomic mass is 32.2. The summed E-state index contributed by atoms with van der Waals surface area (Å²) in [6.45, 7) is 5.63. The maximum Gasteiger partial charge on any atom is 0.328 e. The number of aromatic nitrogens is 1. The molecule has 1 fully saturated rings. The first-order valence-corrected chi connectivity index (χ1v) is 11.8. The molecule has 9 nitrogen and oxygen atoms in total. The first-order chi connectivity index (χ1) is 14.6. The number of carbonyl (C=O) groups excluding carboxylic acids is 2. The van der Waals surface area contributed by atoms with Crippen molar-refractivity contribution < 1.29 is 22.5 Å². The van der Waals surface area contributed by atoms with Gasteiger partial charge in [-0.05, 0) is 63.1 Å². The van der Waals surface area contributed by atoms with E-state index in [0.29, 0.717) is 17.2 Å². The van der Waals surface area contributed by atoms with Crippen LogP contribution in [0.3, 0.4) is 0 Å². The van der Waals surface area contributed by atoms with Gasteiger partial charge in [0, 0.05) is 12.1 Å². The highest BCUT2D eigenvalue weighted by Gasteiger charge is 2.23. The van der Waals surface area contributed by atoms with Crippen molar-refractivity contribution in [3.05, 3.63) is 47.3 Å². The minimum Gasteiger partial charge on any atom is -0.361 e. The van der Waals surface area contributed by atoms with Gasteiger partial charge in [0.25, 0.3) is 15.9 Å². The molecule has 0 aliphatic heterocycles. The topological polar surface area (TPSA) is 130 Å². The second-order valence-corrected chi connectivity index (χ2v) is 9.81. The van der Waals surface area contributed by atoms with Gasteiger partial charge in [-0.3, -0.25) is 4.79 Å². The van der Waals surface area contributed by atoms with Gasteiger partial charge in [0.05, 0.1) is 10.9 Å². The highest BCUT2D eigenvalue weighted by molar-refractivity contribution is 7.90. The third-order valence-electron chi connectivity index (χ3n) is 5.48. The summed E-state index contributed by atoms with van der Waals surface area (Å²) < 4.78 is 32.0. The Balaban J connectivity index is 1.57. The minimum absolute atomic E-state index is 0.00765. The van der Waals surface area contributed by atoms with Crippen LogP contribution in [0.2, 0.25) is 0 Å². The van der Waals surface area contributed by atoms with Crippen LogP contribution in [0, 0.1) is 12.8 Å². The molecule has 1 aromatic heterocycles. The lowest BCUT2D eigenvalue weighted by Gasteiger charge is -2.26. The standard InChI is InChI=1S/C21H28N4O5S/c1-13-4-8-17(9-5-13)23-21(27)25-31(28,29)18-10-6-16(7-11-18)15(3)22-20(26)19-12-14(2)30-24-19/h6-7,10-13,15,17H,4-5,8-9H2,1-3H3,(H,22,26)(H2,23,25,27). The summed E-state index contributed by atoms with van der Waals surface area (Å²) in [7, 11) is -4.00. The largest absolute Gasteiger partial charge is 0.361 e. The number of hydrogen-bond acceptors (Lipinski definition) is 6. The minimum atomic E-state index is -4.00. The van der Waals surface area contributed by atoms with Crippen molar-refractivity contribution in [1.29, 1.82) is 0 Å². The van der Waals surface area contributed by atoms with E-state index in [9.17, 15) is 18.0 Å². The van der Waals surface area contributed by atoms with Crippen molar-refractivity contribution in [1.82, 2.24) is 20.5 Å². The second-order valence-electron chi connectivity index (χ2n) is 8.12. The zero-order valence-corrected chi connectivity index (χ0v) is 18.7. The molecule has 2 aromatic rings. The number of amides is 3. The summed E-state index contributed by atoms with van der Waals surface area (Å²) in [6.07, 6.45) is 3.73. The molecule has 1 aliphatic rings. The third-order valence-corrected chi connectivity index (χ3v) is 6.82. The number of urea groups is 1. The van der Waals surface area contributed by atoms with Crippen LogP contribution in [0.25, 0.3) is 0 Å². The van der Waals surface area contributed by atoms with E-state index >= 15 is 0 Å². The van der Waals surface area contributed by atoms with Gasteiger partial charge in [0.1, 0.15) is 5.76 Å². The predicted octanol–water partition coefficient (Wildman–Crippen LogP) is 3.04. The number of sulfonamides is 1. The van der Waals surface area contributed by atoms with Crippen LogP contribution in [0.15, 0.2) is 39.8 Å². The molecule has 1 aromatic carbocycles. The second kappa shape index (κ2) is 9.51. The van der Waals surface area contributed by atoms with Crippen LogP contribution in [-0.4, -0.2) is 31.6 Å². The zero-order chi connectivity index (χ0) is 22.6. The molecule has 10 heteroatoms. The average molecular weight is 449 g/mol. The molecule has 1 unspecified atom stereocenters. The summed E-state index contributed by atoms with van der Waals surface area (Å²) in [4.78, 5) is 24.3. The van der Waals surface area contributed by atoms with Crippen LogP contribution in [-0.2, 0) is 10.0 Å². The molecular formula is C21H28N4O5S. The lowest BCUT2D eigenvalue weighted by atomic mass is 9.87. The van der Waals surface area contributed by atoms with Crippen LogP contribution in [0.4, 0.5) is 4.79 Å². The molecule has 0 saturated heterocycles. The van der Waals surface area contributed by atoms with Gasteiger partial charge >= 0.3 is 6.03 Å². The quantitative estimate of drug-likeness (QED) is 0.623. The van der Waals surface area contributed by atoms with Crippen LogP contribution >= 0.6 is 0 Å². The van der Waals surface area contributed by atoms with E-state index in [4.69, 9.17) is 4.52 Å². The number of aryl methyl sites for hydroxylation is 1. The van der Waals surface area contributed by atoms with Crippen molar-refractivity contribution in [2.45, 2.75) is 63.4 Å². The van der Waals surface area contributed by atoms with Gasteiger partial charge in [-0.1, -0.05) is 24.2 Å². The molecule has 168 valence electrons. The molecule has 3 amide bonds. The fourth-order valence-electron chi connectivity index (χ4n) is 3.56. The summed E-state index contributed by atoms with van der Waals surface area (Å²) in [6, 6.07) is 6.40. The molecule has 3 rings (SSSR count). The Hall–Kier alpha value is -2.88. The average Bonchev–Trinajstić information content (AvgIpc) is 3.16. The molecule has 1 saturated carbocycles. The van der Waals surface area contributed by atoms with Crippen molar-refractivity contribution in [2.24, 2.45) is 5.92 Å². The maximum atomic E-state index is 12.5. The van der Waals surface area contributed by atoms with Crippen molar-refractivity contribution in [2.75, 3.05) is 0 Å². The van der Waals surface area contributed by atoms with Crippen LogP contribution < -0.4 is 15.4 Å². The number of rotatable bonds is 6. The zero-order valence-electron chi connectivity index (χ0n) is 17.8. The monoisotopic (exact) mass is 448 g/mol. The van der Waals surface area contributed by atoms with E-state index in [1.165, 1.54) is 18.2 Å². The van der Waals surface area contributed by atoms with E-state index in [1.54, 1.807) is 26.0 Å². The third kappa shape index (κ3) is 6.06. The number of hydrogen-bond donors (Lipinski definition) is 3. The summed E-state index contributed by atoms with van der Waals surface area (Å²) >= 11 is 0. The fraction of sp³-hybridized carbons (Fsp3) is 0.476. The predicted molar refractivity (Wildman–Crippen MR) is 114 cm³/mol. The smallest absolute Gasteiger partial charge is 0.328 e. The van der Waals surface area contributed by atoms with E-state index in [1.807, 2.05) is 0 Å². The molecule has 31 heavy (non-hydrogen) atoms. The van der Waals surface area contributed by atoms with Crippen molar-refractivity contribution >= 4 is 22.0 Å². The molecule has 1 aliphatic carbocycles. The lowest BCUT2D eigenvalue weighted by Crippen LogP contribution is -2.45. The number of nitrogens with one attached hydrogen (secondary N) is 3. The lowest BCUT2D eigenvalue weighted by molar-refractivity contribution is 0.0930. The first kappa shape index (κ1) is 22.8. The number of nitrogens with zero attached hydrogens (tertiary/aromatic N) is 1. The number of benzene rings is 1. The molecular weight excluding hydrogens is 420 g/mol. The maximum absolute atomic E-state index is 12.5. The Kier molecular flexibility index (Phi) is 6.99. The molecule has 0 radical (unpaired) electrons. The van der Waals surface area contributed by atoms with Gasteiger partial charge in [0.2, 0.25) is 0 Å². The Morgan fingerprint density at radius 2 is 1.77 bits per heavy atom. The molecule has 3 N–H and O–H groups in total. The van der Waals surface area contributed by atoms with Gasteiger partial charge < -0.3 is 15.2 Å².